The van der Waals surface area contributed by atoms with Crippen LogP contribution >= 0.6 is 0 Å². The normalized spacial score (nSPS) is 16.4. The largest absolute Gasteiger partial charge is 0.454 e. The molecule has 0 aromatic heterocycles. The molecule has 2 aliphatic rings. The first-order chi connectivity index (χ1) is 16.6. The number of hydrogen-bond acceptors (Lipinski definition) is 5. The Morgan fingerprint density at radius 3 is 2.50 bits per heavy atom. The van der Waals surface area contributed by atoms with Crippen LogP contribution in [0.25, 0.3) is 0 Å². The summed E-state index contributed by atoms with van der Waals surface area (Å²) in [6, 6.07) is 21.5. The van der Waals surface area contributed by atoms with Crippen molar-refractivity contribution in [2.24, 2.45) is 5.92 Å². The fraction of sp³-hybridized carbons (Fsp3) is 0.192. The molecule has 5 rings (SSSR count). The van der Waals surface area contributed by atoms with Gasteiger partial charge in [0, 0.05) is 36.4 Å². The maximum atomic E-state index is 12.7. The third-order valence-electron chi connectivity index (χ3n) is 5.87. The van der Waals surface area contributed by atoms with E-state index in [9.17, 15) is 14.4 Å². The Hall–Kier alpha value is -4.33. The van der Waals surface area contributed by atoms with Crippen molar-refractivity contribution in [2.75, 3.05) is 23.6 Å². The van der Waals surface area contributed by atoms with E-state index in [4.69, 9.17) is 9.47 Å². The number of carbonyl (C=O) groups excluding carboxylic acids is 3. The minimum absolute atomic E-state index is 0.0687. The fourth-order valence-electron chi connectivity index (χ4n) is 4.03. The molecule has 3 aromatic carbocycles. The number of benzene rings is 3. The average Bonchev–Trinajstić information content (AvgIpc) is 3.49. The summed E-state index contributed by atoms with van der Waals surface area (Å²) < 4.78 is 10.6. The zero-order valence-electron chi connectivity index (χ0n) is 18.3. The summed E-state index contributed by atoms with van der Waals surface area (Å²) in [6.45, 7) is 0.896. The summed E-state index contributed by atoms with van der Waals surface area (Å²) in [5.41, 5.74) is 2.74. The summed E-state index contributed by atoms with van der Waals surface area (Å²) >= 11 is 0. The number of nitrogens with zero attached hydrogens (tertiary/aromatic N) is 1. The lowest BCUT2D eigenvalue weighted by atomic mass is 10.1. The Balaban J connectivity index is 1.15. The lowest BCUT2D eigenvalue weighted by molar-refractivity contribution is -0.122. The van der Waals surface area contributed by atoms with Gasteiger partial charge in [0.2, 0.25) is 18.6 Å². The highest BCUT2D eigenvalue weighted by atomic mass is 16.7. The highest BCUT2D eigenvalue weighted by Gasteiger charge is 2.35. The first-order valence-electron chi connectivity index (χ1n) is 11.0. The average molecular weight is 457 g/mol. The summed E-state index contributed by atoms with van der Waals surface area (Å²) in [5.74, 6) is 0.422. The van der Waals surface area contributed by atoms with Gasteiger partial charge in [-0.2, -0.15) is 0 Å². The molecule has 8 heteroatoms. The zero-order valence-corrected chi connectivity index (χ0v) is 18.3. The van der Waals surface area contributed by atoms with Crippen molar-refractivity contribution < 1.29 is 23.9 Å². The molecule has 0 bridgehead atoms. The van der Waals surface area contributed by atoms with Crippen molar-refractivity contribution in [3.05, 3.63) is 83.9 Å². The Bertz CT molecular complexity index is 1230. The van der Waals surface area contributed by atoms with E-state index < -0.39 is 5.92 Å². The molecular formula is C26H23N3O5. The zero-order chi connectivity index (χ0) is 23.5. The molecule has 0 spiro atoms. The van der Waals surface area contributed by atoms with Crippen LogP contribution in [-0.2, 0) is 16.1 Å². The minimum Gasteiger partial charge on any atom is -0.454 e. The fourth-order valence-corrected chi connectivity index (χ4v) is 4.03. The third kappa shape index (κ3) is 4.56. The van der Waals surface area contributed by atoms with E-state index in [-0.39, 0.29) is 30.9 Å². The molecule has 2 aliphatic heterocycles. The number of fused-ring (bicyclic) bond motifs is 1. The molecule has 3 aromatic rings. The highest BCUT2D eigenvalue weighted by Crippen LogP contribution is 2.32. The molecule has 3 amide bonds. The molecule has 1 fully saturated rings. The van der Waals surface area contributed by atoms with Gasteiger partial charge >= 0.3 is 0 Å². The molecule has 8 nitrogen and oxygen atoms in total. The first kappa shape index (κ1) is 21.5. The van der Waals surface area contributed by atoms with E-state index in [1.54, 1.807) is 29.2 Å². The second-order valence-electron chi connectivity index (χ2n) is 8.18. The van der Waals surface area contributed by atoms with Crippen LogP contribution in [0.15, 0.2) is 72.8 Å². The SMILES string of the molecule is O=C(NCc1ccc2c(c1)OCO2)c1ccc(NC(=O)C2CC(=O)N(c3ccccc3)C2)cc1. The van der Waals surface area contributed by atoms with Crippen LogP contribution in [0.1, 0.15) is 22.3 Å². The topological polar surface area (TPSA) is 97.0 Å². The predicted molar refractivity (Wildman–Crippen MR) is 126 cm³/mol. The molecule has 0 aliphatic carbocycles. The highest BCUT2D eigenvalue weighted by molar-refractivity contribution is 6.03. The summed E-state index contributed by atoms with van der Waals surface area (Å²) in [5, 5.41) is 5.72. The number of anilines is 2. The molecule has 2 N–H and O–H groups in total. The van der Waals surface area contributed by atoms with E-state index >= 15 is 0 Å². The van der Waals surface area contributed by atoms with Crippen LogP contribution in [0.2, 0.25) is 0 Å². The predicted octanol–water partition coefficient (Wildman–Crippen LogP) is 3.34. The first-order valence-corrected chi connectivity index (χ1v) is 11.0. The van der Waals surface area contributed by atoms with Gasteiger partial charge < -0.3 is 25.0 Å². The van der Waals surface area contributed by atoms with E-state index in [0.717, 1.165) is 11.3 Å². The molecule has 172 valence electrons. The number of nitrogens with one attached hydrogen (secondary N) is 2. The van der Waals surface area contributed by atoms with Gasteiger partial charge in [0.15, 0.2) is 11.5 Å². The number of ether oxygens (including phenoxy) is 2. The molecule has 34 heavy (non-hydrogen) atoms. The van der Waals surface area contributed by atoms with Crippen LogP contribution in [0.4, 0.5) is 11.4 Å². The van der Waals surface area contributed by atoms with Crippen LogP contribution in [-0.4, -0.2) is 31.1 Å². The standard InChI is InChI=1S/C26H23N3O5/c30-24-13-19(15-29(24)21-4-2-1-3-5-21)26(32)28-20-9-7-18(8-10-20)25(31)27-14-17-6-11-22-23(12-17)34-16-33-22/h1-12,19H,13-16H2,(H,27,31)(H,28,32). The summed E-state index contributed by atoms with van der Waals surface area (Å²) in [4.78, 5) is 39.2. The second kappa shape index (κ2) is 9.27. The van der Waals surface area contributed by atoms with Crippen molar-refractivity contribution in [1.29, 1.82) is 0 Å². The number of rotatable bonds is 6. The van der Waals surface area contributed by atoms with Crippen molar-refractivity contribution in [2.45, 2.75) is 13.0 Å². The van der Waals surface area contributed by atoms with E-state index in [0.29, 0.717) is 35.8 Å². The molecule has 0 radical (unpaired) electrons. The number of amides is 3. The van der Waals surface area contributed by atoms with Crippen LogP contribution < -0.4 is 25.0 Å². The van der Waals surface area contributed by atoms with Crippen molar-refractivity contribution in [3.8, 4) is 11.5 Å². The Morgan fingerprint density at radius 1 is 0.941 bits per heavy atom. The Morgan fingerprint density at radius 2 is 1.71 bits per heavy atom. The number of carbonyl (C=O) groups is 3. The molecule has 1 unspecified atom stereocenters. The maximum Gasteiger partial charge on any atom is 0.251 e. The minimum atomic E-state index is -0.433. The maximum absolute atomic E-state index is 12.7. The second-order valence-corrected chi connectivity index (χ2v) is 8.18. The molecule has 0 saturated carbocycles. The van der Waals surface area contributed by atoms with Gasteiger partial charge in [-0.05, 0) is 54.1 Å². The molecular weight excluding hydrogens is 434 g/mol. The van der Waals surface area contributed by atoms with Crippen LogP contribution in [0, 0.1) is 5.92 Å². The molecule has 1 atom stereocenters. The lowest BCUT2D eigenvalue weighted by Gasteiger charge is -2.16. The molecule has 1 saturated heterocycles. The Kier molecular flexibility index (Phi) is 5.86. The van der Waals surface area contributed by atoms with E-state index in [1.165, 1.54) is 0 Å². The van der Waals surface area contributed by atoms with Gasteiger partial charge in [0.1, 0.15) is 0 Å². The van der Waals surface area contributed by atoms with Crippen molar-refractivity contribution in [1.82, 2.24) is 5.32 Å². The summed E-state index contributed by atoms with van der Waals surface area (Å²) in [6.07, 6.45) is 0.168. The molecule has 2 heterocycles. The van der Waals surface area contributed by atoms with Gasteiger partial charge in [-0.3, -0.25) is 14.4 Å². The van der Waals surface area contributed by atoms with E-state index in [1.807, 2.05) is 48.5 Å². The van der Waals surface area contributed by atoms with Crippen LogP contribution in [0.5, 0.6) is 11.5 Å². The van der Waals surface area contributed by atoms with Gasteiger partial charge in [-0.25, -0.2) is 0 Å². The van der Waals surface area contributed by atoms with Gasteiger partial charge in [0.25, 0.3) is 5.91 Å². The smallest absolute Gasteiger partial charge is 0.251 e. The van der Waals surface area contributed by atoms with Gasteiger partial charge in [0.05, 0.1) is 5.92 Å². The van der Waals surface area contributed by atoms with E-state index in [2.05, 4.69) is 10.6 Å². The van der Waals surface area contributed by atoms with Gasteiger partial charge in [-0.1, -0.05) is 24.3 Å². The van der Waals surface area contributed by atoms with Crippen LogP contribution in [0.3, 0.4) is 0 Å². The van der Waals surface area contributed by atoms with Crippen molar-refractivity contribution in [3.63, 3.8) is 0 Å². The number of para-hydroxylation sites is 1. The third-order valence-corrected chi connectivity index (χ3v) is 5.87. The van der Waals surface area contributed by atoms with Crippen molar-refractivity contribution >= 4 is 29.1 Å². The monoisotopic (exact) mass is 457 g/mol. The number of hydrogen-bond donors (Lipinski definition) is 2. The van der Waals surface area contributed by atoms with Gasteiger partial charge in [-0.15, -0.1) is 0 Å². The quantitative estimate of drug-likeness (QED) is 0.592. The lowest BCUT2D eigenvalue weighted by Crippen LogP contribution is -2.28. The summed E-state index contributed by atoms with van der Waals surface area (Å²) in [7, 11) is 0. The Labute approximate surface area is 196 Å².